The van der Waals surface area contributed by atoms with E-state index in [2.05, 4.69) is 15.9 Å². The summed E-state index contributed by atoms with van der Waals surface area (Å²) in [5.41, 5.74) is -0.183. The van der Waals surface area contributed by atoms with Crippen LogP contribution in [-0.2, 0) is 0 Å². The molecule has 0 amide bonds. The van der Waals surface area contributed by atoms with Crippen LogP contribution < -0.4 is 9.47 Å². The number of benzene rings is 1. The smallest absolute Gasteiger partial charge is 0.134 e. The molecule has 0 aliphatic carbocycles. The number of methoxy groups -OCH3 is 1. The molecule has 0 fully saturated rings. The van der Waals surface area contributed by atoms with E-state index < -0.39 is 0 Å². The van der Waals surface area contributed by atoms with E-state index in [1.165, 1.54) is 0 Å². The fourth-order valence-corrected chi connectivity index (χ4v) is 1.46. The summed E-state index contributed by atoms with van der Waals surface area (Å²) in [6.07, 6.45) is 0. The first-order valence-corrected chi connectivity index (χ1v) is 5.24. The van der Waals surface area contributed by atoms with E-state index in [-0.39, 0.29) is 5.60 Å². The van der Waals surface area contributed by atoms with Gasteiger partial charge in [-0.1, -0.05) is 0 Å². The first-order valence-electron chi connectivity index (χ1n) is 4.45. The predicted molar refractivity (Wildman–Crippen MR) is 61.1 cm³/mol. The largest absolute Gasteiger partial charge is 0.497 e. The second-order valence-electron chi connectivity index (χ2n) is 4.01. The Bertz CT molecular complexity index is 316. The predicted octanol–water partition coefficient (Wildman–Crippen LogP) is 3.64. The summed E-state index contributed by atoms with van der Waals surface area (Å²) in [5, 5.41) is 0. The molecule has 0 aliphatic rings. The van der Waals surface area contributed by atoms with Crippen molar-refractivity contribution in [2.45, 2.75) is 26.4 Å². The SMILES string of the molecule is COc1ccc(OC(C)(C)C)c(Br)c1. The zero-order valence-electron chi connectivity index (χ0n) is 8.93. The molecular formula is C11H15BrO2. The van der Waals surface area contributed by atoms with Crippen molar-refractivity contribution in [2.75, 3.05) is 7.11 Å². The Kier molecular flexibility index (Phi) is 3.43. The summed E-state index contributed by atoms with van der Waals surface area (Å²) in [6.45, 7) is 6.05. The van der Waals surface area contributed by atoms with E-state index in [1.54, 1.807) is 7.11 Å². The third-order valence-electron chi connectivity index (χ3n) is 1.56. The first-order chi connectivity index (χ1) is 6.42. The highest BCUT2D eigenvalue weighted by molar-refractivity contribution is 9.10. The number of hydrogen-bond donors (Lipinski definition) is 0. The van der Waals surface area contributed by atoms with E-state index in [9.17, 15) is 0 Å². The van der Waals surface area contributed by atoms with Crippen LogP contribution in [0, 0.1) is 0 Å². The lowest BCUT2D eigenvalue weighted by molar-refractivity contribution is 0.129. The summed E-state index contributed by atoms with van der Waals surface area (Å²) >= 11 is 3.44. The minimum atomic E-state index is -0.183. The molecule has 1 aromatic carbocycles. The molecule has 0 saturated heterocycles. The minimum Gasteiger partial charge on any atom is -0.497 e. The van der Waals surface area contributed by atoms with Gasteiger partial charge in [0, 0.05) is 0 Å². The van der Waals surface area contributed by atoms with Gasteiger partial charge in [0.25, 0.3) is 0 Å². The van der Waals surface area contributed by atoms with Crippen molar-refractivity contribution in [1.82, 2.24) is 0 Å². The van der Waals surface area contributed by atoms with Crippen LogP contribution in [0.2, 0.25) is 0 Å². The highest BCUT2D eigenvalue weighted by atomic mass is 79.9. The summed E-state index contributed by atoms with van der Waals surface area (Å²) in [7, 11) is 1.64. The first kappa shape index (κ1) is 11.4. The van der Waals surface area contributed by atoms with Gasteiger partial charge in [-0.3, -0.25) is 0 Å². The van der Waals surface area contributed by atoms with Crippen LogP contribution in [-0.4, -0.2) is 12.7 Å². The van der Waals surface area contributed by atoms with Gasteiger partial charge in [0.05, 0.1) is 11.6 Å². The molecule has 0 N–H and O–H groups in total. The zero-order chi connectivity index (χ0) is 10.8. The topological polar surface area (TPSA) is 18.5 Å². The molecule has 0 saturated carbocycles. The van der Waals surface area contributed by atoms with Gasteiger partial charge < -0.3 is 9.47 Å². The molecule has 1 aromatic rings. The second kappa shape index (κ2) is 4.22. The van der Waals surface area contributed by atoms with Gasteiger partial charge in [-0.25, -0.2) is 0 Å². The molecule has 0 aromatic heterocycles. The standard InChI is InChI=1S/C11H15BrO2/c1-11(2,3)14-10-6-5-8(13-4)7-9(10)12/h5-7H,1-4H3. The average molecular weight is 259 g/mol. The molecule has 0 heterocycles. The molecule has 0 atom stereocenters. The lowest BCUT2D eigenvalue weighted by Gasteiger charge is -2.22. The fourth-order valence-electron chi connectivity index (χ4n) is 1.02. The lowest BCUT2D eigenvalue weighted by Crippen LogP contribution is -2.23. The van der Waals surface area contributed by atoms with Crippen molar-refractivity contribution in [3.63, 3.8) is 0 Å². The molecule has 1 rings (SSSR count). The quantitative estimate of drug-likeness (QED) is 0.807. The van der Waals surface area contributed by atoms with E-state index in [0.29, 0.717) is 0 Å². The van der Waals surface area contributed by atoms with Gasteiger partial charge in [-0.05, 0) is 54.9 Å². The van der Waals surface area contributed by atoms with E-state index in [1.807, 2.05) is 39.0 Å². The maximum Gasteiger partial charge on any atom is 0.134 e. The van der Waals surface area contributed by atoms with Crippen LogP contribution in [0.3, 0.4) is 0 Å². The Morgan fingerprint density at radius 1 is 1.21 bits per heavy atom. The van der Waals surface area contributed by atoms with E-state index >= 15 is 0 Å². The molecule has 0 radical (unpaired) electrons. The Morgan fingerprint density at radius 3 is 2.29 bits per heavy atom. The number of hydrogen-bond acceptors (Lipinski definition) is 2. The van der Waals surface area contributed by atoms with Crippen molar-refractivity contribution in [2.24, 2.45) is 0 Å². The highest BCUT2D eigenvalue weighted by Crippen LogP contribution is 2.31. The van der Waals surface area contributed by atoms with Gasteiger partial charge in [-0.15, -0.1) is 0 Å². The third-order valence-corrected chi connectivity index (χ3v) is 2.17. The van der Waals surface area contributed by atoms with Crippen molar-refractivity contribution in [3.05, 3.63) is 22.7 Å². The molecule has 3 heteroatoms. The normalized spacial score (nSPS) is 11.2. The molecule has 14 heavy (non-hydrogen) atoms. The van der Waals surface area contributed by atoms with Gasteiger partial charge in [-0.2, -0.15) is 0 Å². The van der Waals surface area contributed by atoms with Crippen molar-refractivity contribution in [1.29, 1.82) is 0 Å². The Balaban J connectivity index is 2.89. The van der Waals surface area contributed by atoms with Gasteiger partial charge >= 0.3 is 0 Å². The zero-order valence-corrected chi connectivity index (χ0v) is 10.5. The van der Waals surface area contributed by atoms with Gasteiger partial charge in [0.1, 0.15) is 17.1 Å². The monoisotopic (exact) mass is 258 g/mol. The number of rotatable bonds is 2. The summed E-state index contributed by atoms with van der Waals surface area (Å²) < 4.78 is 11.7. The van der Waals surface area contributed by atoms with Gasteiger partial charge in [0.2, 0.25) is 0 Å². The van der Waals surface area contributed by atoms with E-state index in [4.69, 9.17) is 9.47 Å². The summed E-state index contributed by atoms with van der Waals surface area (Å²) in [4.78, 5) is 0. The van der Waals surface area contributed by atoms with Gasteiger partial charge in [0.15, 0.2) is 0 Å². The molecule has 0 spiro atoms. The van der Waals surface area contributed by atoms with E-state index in [0.717, 1.165) is 16.0 Å². The summed E-state index contributed by atoms with van der Waals surface area (Å²) in [5.74, 6) is 1.65. The van der Waals surface area contributed by atoms with Crippen molar-refractivity contribution in [3.8, 4) is 11.5 Å². The molecular weight excluding hydrogens is 244 g/mol. The summed E-state index contributed by atoms with van der Waals surface area (Å²) in [6, 6.07) is 5.67. The van der Waals surface area contributed by atoms with Crippen molar-refractivity contribution >= 4 is 15.9 Å². The molecule has 0 bridgehead atoms. The Morgan fingerprint density at radius 2 is 1.86 bits per heavy atom. The van der Waals surface area contributed by atoms with Crippen LogP contribution in [0.4, 0.5) is 0 Å². The fraction of sp³-hybridized carbons (Fsp3) is 0.455. The van der Waals surface area contributed by atoms with Crippen LogP contribution in [0.15, 0.2) is 22.7 Å². The van der Waals surface area contributed by atoms with Crippen LogP contribution in [0.25, 0.3) is 0 Å². The van der Waals surface area contributed by atoms with Crippen molar-refractivity contribution < 1.29 is 9.47 Å². The molecule has 78 valence electrons. The van der Waals surface area contributed by atoms with Crippen LogP contribution >= 0.6 is 15.9 Å². The highest BCUT2D eigenvalue weighted by Gasteiger charge is 2.13. The molecule has 2 nitrogen and oxygen atoms in total. The lowest BCUT2D eigenvalue weighted by atomic mass is 10.2. The third kappa shape index (κ3) is 3.22. The average Bonchev–Trinajstić information content (AvgIpc) is 2.06. The molecule has 0 aliphatic heterocycles. The number of ether oxygens (including phenoxy) is 2. The Labute approximate surface area is 93.4 Å². The number of halogens is 1. The Hall–Kier alpha value is -0.700. The minimum absolute atomic E-state index is 0.183. The maximum atomic E-state index is 5.73. The van der Waals surface area contributed by atoms with Crippen LogP contribution in [0.5, 0.6) is 11.5 Å². The molecule has 0 unspecified atom stereocenters. The van der Waals surface area contributed by atoms with Crippen LogP contribution in [0.1, 0.15) is 20.8 Å². The second-order valence-corrected chi connectivity index (χ2v) is 4.87. The maximum absolute atomic E-state index is 5.73.